The SMILES string of the molecule is CCCCCC/C=C\CCCCCCC(Cl)C(=O)OC. The maximum absolute atomic E-state index is 11.1. The van der Waals surface area contributed by atoms with Crippen LogP contribution in [0.5, 0.6) is 0 Å². The van der Waals surface area contributed by atoms with Crippen LogP contribution in [0.1, 0.15) is 77.6 Å². The number of carbonyl (C=O) groups excluding carboxylic acids is 1. The Morgan fingerprint density at radius 2 is 1.55 bits per heavy atom. The minimum atomic E-state index is -0.469. The first-order chi connectivity index (χ1) is 9.72. The first-order valence-electron chi connectivity index (χ1n) is 8.09. The van der Waals surface area contributed by atoms with Gasteiger partial charge in [-0.25, -0.2) is 0 Å². The number of rotatable bonds is 13. The molecule has 0 aromatic rings. The molecule has 118 valence electrons. The number of halogens is 1. The zero-order chi connectivity index (χ0) is 15.1. The van der Waals surface area contributed by atoms with Gasteiger partial charge in [0.25, 0.3) is 0 Å². The number of methoxy groups -OCH3 is 1. The van der Waals surface area contributed by atoms with E-state index in [4.69, 9.17) is 11.6 Å². The minimum absolute atomic E-state index is 0.308. The van der Waals surface area contributed by atoms with Crippen molar-refractivity contribution in [3.63, 3.8) is 0 Å². The van der Waals surface area contributed by atoms with Crippen molar-refractivity contribution in [1.29, 1.82) is 0 Å². The van der Waals surface area contributed by atoms with E-state index in [-0.39, 0.29) is 5.97 Å². The van der Waals surface area contributed by atoms with E-state index in [1.807, 2.05) is 0 Å². The standard InChI is InChI=1S/C17H31ClO2/c1-3-4-5-6-7-8-9-10-11-12-13-14-15-16(18)17(19)20-2/h8-9,16H,3-7,10-15H2,1-2H3/b9-8-. The number of hydrogen-bond donors (Lipinski definition) is 0. The smallest absolute Gasteiger partial charge is 0.323 e. The fourth-order valence-corrected chi connectivity index (χ4v) is 2.35. The summed E-state index contributed by atoms with van der Waals surface area (Å²) in [5, 5.41) is -0.469. The molecule has 0 heterocycles. The molecule has 3 heteroatoms. The van der Waals surface area contributed by atoms with Gasteiger partial charge in [0.1, 0.15) is 5.38 Å². The molecule has 0 saturated heterocycles. The lowest BCUT2D eigenvalue weighted by Crippen LogP contribution is -2.15. The lowest BCUT2D eigenvalue weighted by Gasteiger charge is -2.06. The molecule has 20 heavy (non-hydrogen) atoms. The van der Waals surface area contributed by atoms with Gasteiger partial charge in [-0.15, -0.1) is 11.6 Å². The largest absolute Gasteiger partial charge is 0.468 e. The van der Waals surface area contributed by atoms with Crippen LogP contribution in [0.3, 0.4) is 0 Å². The number of unbranched alkanes of at least 4 members (excludes halogenated alkanes) is 8. The van der Waals surface area contributed by atoms with Crippen LogP contribution in [0.4, 0.5) is 0 Å². The van der Waals surface area contributed by atoms with Crippen molar-refractivity contribution in [3.8, 4) is 0 Å². The molecule has 0 aliphatic carbocycles. The maximum Gasteiger partial charge on any atom is 0.323 e. The topological polar surface area (TPSA) is 26.3 Å². The van der Waals surface area contributed by atoms with E-state index in [1.165, 1.54) is 58.5 Å². The number of ether oxygens (including phenoxy) is 1. The Hall–Kier alpha value is -0.500. The van der Waals surface area contributed by atoms with Crippen molar-refractivity contribution in [2.45, 2.75) is 82.9 Å². The van der Waals surface area contributed by atoms with Gasteiger partial charge in [-0.05, 0) is 32.1 Å². The summed E-state index contributed by atoms with van der Waals surface area (Å²) < 4.78 is 4.59. The summed E-state index contributed by atoms with van der Waals surface area (Å²) in [6.45, 7) is 2.24. The molecule has 0 rings (SSSR count). The van der Waals surface area contributed by atoms with E-state index in [0.717, 1.165) is 19.3 Å². The molecule has 0 aromatic heterocycles. The molecule has 0 fully saturated rings. The van der Waals surface area contributed by atoms with Crippen LogP contribution >= 0.6 is 11.6 Å². The highest BCUT2D eigenvalue weighted by Crippen LogP contribution is 2.12. The Morgan fingerprint density at radius 3 is 2.10 bits per heavy atom. The highest BCUT2D eigenvalue weighted by Gasteiger charge is 2.14. The molecule has 0 saturated carbocycles. The fourth-order valence-electron chi connectivity index (χ4n) is 2.11. The van der Waals surface area contributed by atoms with E-state index in [2.05, 4.69) is 23.8 Å². The molecule has 0 amide bonds. The van der Waals surface area contributed by atoms with E-state index in [9.17, 15) is 4.79 Å². The van der Waals surface area contributed by atoms with Gasteiger partial charge in [-0.3, -0.25) is 4.79 Å². The number of allylic oxidation sites excluding steroid dienone is 2. The summed E-state index contributed by atoms with van der Waals surface area (Å²) in [6.07, 6.45) is 17.7. The average Bonchev–Trinajstić information content (AvgIpc) is 2.47. The highest BCUT2D eigenvalue weighted by atomic mass is 35.5. The predicted molar refractivity (Wildman–Crippen MR) is 87.3 cm³/mol. The van der Waals surface area contributed by atoms with Crippen LogP contribution in [-0.4, -0.2) is 18.5 Å². The summed E-state index contributed by atoms with van der Waals surface area (Å²) in [4.78, 5) is 11.1. The Kier molecular flexibility index (Phi) is 14.5. The third-order valence-electron chi connectivity index (χ3n) is 3.43. The summed E-state index contributed by atoms with van der Waals surface area (Å²) in [6, 6.07) is 0. The van der Waals surface area contributed by atoms with Gasteiger partial charge in [-0.1, -0.05) is 57.6 Å². The zero-order valence-electron chi connectivity index (χ0n) is 13.2. The molecular formula is C17H31ClO2. The van der Waals surface area contributed by atoms with Gasteiger partial charge in [0.05, 0.1) is 7.11 Å². The predicted octanol–water partition coefficient (Wildman–Crippen LogP) is 5.63. The summed E-state index contributed by atoms with van der Waals surface area (Å²) in [5.74, 6) is -0.308. The van der Waals surface area contributed by atoms with Crippen LogP contribution in [-0.2, 0) is 9.53 Å². The van der Waals surface area contributed by atoms with Crippen LogP contribution in [0.2, 0.25) is 0 Å². The molecule has 0 bridgehead atoms. The van der Waals surface area contributed by atoms with Crippen LogP contribution < -0.4 is 0 Å². The van der Waals surface area contributed by atoms with Gasteiger partial charge in [0.15, 0.2) is 0 Å². The monoisotopic (exact) mass is 302 g/mol. The number of carbonyl (C=O) groups is 1. The third-order valence-corrected chi connectivity index (χ3v) is 3.82. The molecule has 1 unspecified atom stereocenters. The van der Waals surface area contributed by atoms with Crippen LogP contribution in [0.25, 0.3) is 0 Å². The van der Waals surface area contributed by atoms with Crippen molar-refractivity contribution in [1.82, 2.24) is 0 Å². The quantitative estimate of drug-likeness (QED) is 0.191. The van der Waals surface area contributed by atoms with Crippen molar-refractivity contribution >= 4 is 17.6 Å². The van der Waals surface area contributed by atoms with Crippen molar-refractivity contribution in [2.24, 2.45) is 0 Å². The zero-order valence-corrected chi connectivity index (χ0v) is 14.0. The molecule has 1 atom stereocenters. The first kappa shape index (κ1) is 19.5. The van der Waals surface area contributed by atoms with E-state index >= 15 is 0 Å². The Morgan fingerprint density at radius 1 is 1.00 bits per heavy atom. The van der Waals surface area contributed by atoms with Gasteiger partial charge in [0.2, 0.25) is 0 Å². The molecule has 0 spiro atoms. The van der Waals surface area contributed by atoms with Gasteiger partial charge in [-0.2, -0.15) is 0 Å². The maximum atomic E-state index is 11.1. The first-order valence-corrected chi connectivity index (χ1v) is 8.53. The molecule has 0 aromatic carbocycles. The Balaban J connectivity index is 3.24. The lowest BCUT2D eigenvalue weighted by atomic mass is 10.1. The van der Waals surface area contributed by atoms with Gasteiger partial charge < -0.3 is 4.74 Å². The molecule has 0 radical (unpaired) electrons. The van der Waals surface area contributed by atoms with Gasteiger partial charge >= 0.3 is 5.97 Å². The van der Waals surface area contributed by atoms with Crippen molar-refractivity contribution < 1.29 is 9.53 Å². The van der Waals surface area contributed by atoms with Crippen molar-refractivity contribution in [2.75, 3.05) is 7.11 Å². The third kappa shape index (κ3) is 12.5. The lowest BCUT2D eigenvalue weighted by molar-refractivity contribution is -0.140. The Labute approximate surface area is 129 Å². The number of esters is 1. The highest BCUT2D eigenvalue weighted by molar-refractivity contribution is 6.29. The molecule has 0 aliphatic heterocycles. The van der Waals surface area contributed by atoms with Gasteiger partial charge in [0, 0.05) is 0 Å². The molecule has 0 aliphatic rings. The van der Waals surface area contributed by atoms with E-state index in [1.54, 1.807) is 0 Å². The normalized spacial score (nSPS) is 12.8. The summed E-state index contributed by atoms with van der Waals surface area (Å²) in [5.41, 5.74) is 0. The molecule has 2 nitrogen and oxygen atoms in total. The van der Waals surface area contributed by atoms with Crippen LogP contribution in [0, 0.1) is 0 Å². The second-order valence-electron chi connectivity index (χ2n) is 5.30. The van der Waals surface area contributed by atoms with E-state index < -0.39 is 5.38 Å². The van der Waals surface area contributed by atoms with Crippen LogP contribution in [0.15, 0.2) is 12.2 Å². The number of alkyl halides is 1. The number of hydrogen-bond acceptors (Lipinski definition) is 2. The summed E-state index contributed by atoms with van der Waals surface area (Å²) in [7, 11) is 1.38. The summed E-state index contributed by atoms with van der Waals surface area (Å²) >= 11 is 5.88. The molecular weight excluding hydrogens is 272 g/mol. The fraction of sp³-hybridized carbons (Fsp3) is 0.824. The average molecular weight is 303 g/mol. The molecule has 0 N–H and O–H groups in total. The van der Waals surface area contributed by atoms with E-state index in [0.29, 0.717) is 0 Å². The second kappa shape index (κ2) is 14.9. The Bertz CT molecular complexity index is 251. The van der Waals surface area contributed by atoms with Crippen molar-refractivity contribution in [3.05, 3.63) is 12.2 Å². The minimum Gasteiger partial charge on any atom is -0.468 e. The second-order valence-corrected chi connectivity index (χ2v) is 5.83.